The van der Waals surface area contributed by atoms with Gasteiger partial charge in [0, 0.05) is 31.6 Å². The molecule has 1 amide bonds. The molecule has 3 aliphatic rings. The molecule has 11 nitrogen and oxygen atoms in total. The monoisotopic (exact) mass is 535 g/mol. The van der Waals surface area contributed by atoms with E-state index in [2.05, 4.69) is 6.92 Å². The topological polar surface area (TPSA) is 133 Å². The van der Waals surface area contributed by atoms with Crippen LogP contribution in [-0.2, 0) is 19.1 Å². The molecule has 3 N–H and O–H groups in total. The summed E-state index contributed by atoms with van der Waals surface area (Å²) in [6.45, 7) is 5.60. The maximum absolute atomic E-state index is 13.5. The van der Waals surface area contributed by atoms with Crippen LogP contribution in [0.25, 0.3) is 0 Å². The van der Waals surface area contributed by atoms with Crippen LogP contribution in [0.15, 0.2) is 12.1 Å². The van der Waals surface area contributed by atoms with Gasteiger partial charge in [0.05, 0.1) is 32.8 Å². The van der Waals surface area contributed by atoms with Gasteiger partial charge in [0.25, 0.3) is 0 Å². The summed E-state index contributed by atoms with van der Waals surface area (Å²) in [7, 11) is 1.55. The minimum atomic E-state index is -0.897. The zero-order chi connectivity index (χ0) is 27.1. The number of carbonyl (C=O) groups is 2. The van der Waals surface area contributed by atoms with Crippen molar-refractivity contribution in [1.29, 1.82) is 0 Å². The minimum absolute atomic E-state index is 0.00155. The summed E-state index contributed by atoms with van der Waals surface area (Å²) in [4.78, 5) is 30.1. The molecule has 0 bridgehead atoms. The highest BCUT2D eigenvalue weighted by atomic mass is 16.7. The van der Waals surface area contributed by atoms with Gasteiger partial charge >= 0.3 is 5.97 Å². The van der Waals surface area contributed by atoms with E-state index in [4.69, 9.17) is 29.4 Å². The van der Waals surface area contributed by atoms with Crippen molar-refractivity contribution in [3.8, 4) is 17.2 Å². The molecule has 3 heterocycles. The molecule has 0 aliphatic carbocycles. The van der Waals surface area contributed by atoms with E-state index in [0.717, 1.165) is 24.8 Å². The molecule has 0 aromatic heterocycles. The van der Waals surface area contributed by atoms with Crippen LogP contribution in [-0.4, -0.2) is 99.0 Å². The van der Waals surface area contributed by atoms with Crippen LogP contribution in [0.2, 0.25) is 0 Å². The zero-order valence-corrected chi connectivity index (χ0v) is 22.4. The molecule has 0 saturated carbocycles. The van der Waals surface area contributed by atoms with Gasteiger partial charge in [0.1, 0.15) is 0 Å². The minimum Gasteiger partial charge on any atom is -0.493 e. The summed E-state index contributed by atoms with van der Waals surface area (Å²) in [6.07, 6.45) is 3.36. The lowest BCUT2D eigenvalue weighted by molar-refractivity contribution is -0.144. The van der Waals surface area contributed by atoms with E-state index in [-0.39, 0.29) is 37.5 Å². The van der Waals surface area contributed by atoms with E-state index in [1.54, 1.807) is 7.11 Å². The van der Waals surface area contributed by atoms with Crippen molar-refractivity contribution in [2.24, 2.45) is 11.7 Å². The number of fused-ring (bicyclic) bond motifs is 1. The number of unbranched alkanes of at least 4 members (excludes halogenated alkanes) is 1. The van der Waals surface area contributed by atoms with Crippen molar-refractivity contribution in [3.05, 3.63) is 17.7 Å². The van der Waals surface area contributed by atoms with E-state index >= 15 is 0 Å². The number of rotatable bonds is 14. The fraction of sp³-hybridized carbons (Fsp3) is 0.704. The summed E-state index contributed by atoms with van der Waals surface area (Å²) in [6, 6.07) is 3.30. The highest BCUT2D eigenvalue weighted by Gasteiger charge is 2.48. The van der Waals surface area contributed by atoms with Crippen molar-refractivity contribution >= 4 is 11.9 Å². The second kappa shape index (κ2) is 13.5. The molecule has 0 unspecified atom stereocenters. The van der Waals surface area contributed by atoms with Gasteiger partial charge in [-0.25, -0.2) is 0 Å². The van der Waals surface area contributed by atoms with Crippen molar-refractivity contribution in [2.45, 2.75) is 57.3 Å². The highest BCUT2D eigenvalue weighted by Crippen LogP contribution is 2.47. The van der Waals surface area contributed by atoms with Gasteiger partial charge < -0.3 is 39.4 Å². The number of carboxylic acids is 1. The number of methoxy groups -OCH3 is 1. The number of ether oxygens (including phenoxy) is 5. The Balaban J connectivity index is 1.60. The van der Waals surface area contributed by atoms with E-state index in [0.29, 0.717) is 69.5 Å². The quantitative estimate of drug-likeness (QED) is 0.364. The Morgan fingerprint density at radius 3 is 2.61 bits per heavy atom. The molecule has 38 heavy (non-hydrogen) atoms. The van der Waals surface area contributed by atoms with Crippen molar-refractivity contribution in [3.63, 3.8) is 0 Å². The molecule has 11 heteroatoms. The van der Waals surface area contributed by atoms with Gasteiger partial charge in [0.2, 0.25) is 18.4 Å². The molecule has 2 fully saturated rings. The molecule has 0 radical (unpaired) electrons. The van der Waals surface area contributed by atoms with E-state index in [1.165, 1.54) is 0 Å². The van der Waals surface area contributed by atoms with Crippen molar-refractivity contribution < 1.29 is 38.4 Å². The number of carbonyl (C=O) groups excluding carboxylic acids is 1. The first kappa shape index (κ1) is 28.4. The lowest BCUT2D eigenvalue weighted by Gasteiger charge is -2.30. The standard InChI is InChI=1S/C27H41N3O8/c1-3-4-9-29(10-5-8-28)23(31)16-30-15-19(18-13-21(34-2)26-22(14-18)37-17-38-26)25(27(32)33)20(30)6-7-24-35-11-12-36-24/h13-14,19-20,24-25H,3-12,15-17,28H2,1-2H3,(H,32,33)/t19-,20+,25-/m1/s1. The number of amides is 1. The van der Waals surface area contributed by atoms with Crippen LogP contribution in [0, 0.1) is 5.92 Å². The Hall–Kier alpha value is -2.60. The maximum atomic E-state index is 13.5. The van der Waals surface area contributed by atoms with Crippen LogP contribution in [0.5, 0.6) is 17.2 Å². The average Bonchev–Trinajstić information content (AvgIpc) is 3.67. The normalized spacial score (nSPS) is 23.2. The molecule has 212 valence electrons. The second-order valence-corrected chi connectivity index (χ2v) is 10.0. The lowest BCUT2D eigenvalue weighted by atomic mass is 9.83. The fourth-order valence-corrected chi connectivity index (χ4v) is 5.70. The van der Waals surface area contributed by atoms with Crippen LogP contribution in [0.3, 0.4) is 0 Å². The first-order chi connectivity index (χ1) is 18.5. The van der Waals surface area contributed by atoms with Gasteiger partial charge in [-0.05, 0) is 49.9 Å². The Bertz CT molecular complexity index is 946. The Labute approximate surface area is 224 Å². The Morgan fingerprint density at radius 2 is 1.92 bits per heavy atom. The Kier molecular flexibility index (Phi) is 10.1. The van der Waals surface area contributed by atoms with Crippen LogP contribution < -0.4 is 19.9 Å². The van der Waals surface area contributed by atoms with Crippen LogP contribution >= 0.6 is 0 Å². The van der Waals surface area contributed by atoms with Gasteiger partial charge in [-0.2, -0.15) is 0 Å². The zero-order valence-electron chi connectivity index (χ0n) is 22.4. The second-order valence-electron chi connectivity index (χ2n) is 10.0. The number of nitrogens with two attached hydrogens (primary N) is 1. The molecular weight excluding hydrogens is 494 g/mol. The molecule has 3 atom stereocenters. The van der Waals surface area contributed by atoms with Crippen molar-refractivity contribution in [2.75, 3.05) is 59.8 Å². The molecule has 1 aromatic rings. The van der Waals surface area contributed by atoms with E-state index < -0.39 is 11.9 Å². The predicted octanol–water partition coefficient (Wildman–Crippen LogP) is 2.02. The molecule has 2 saturated heterocycles. The summed E-state index contributed by atoms with van der Waals surface area (Å²) in [5.74, 6) is -0.439. The van der Waals surface area contributed by atoms with Crippen LogP contribution in [0.4, 0.5) is 0 Å². The van der Waals surface area contributed by atoms with Gasteiger partial charge in [-0.15, -0.1) is 0 Å². The number of aliphatic carboxylic acids is 1. The SMILES string of the molecule is CCCCN(CCCN)C(=O)CN1C[C@H](c2cc(OC)c3c(c2)OCO3)[C@@H](C(=O)O)[C@@H]1CCC1OCCO1. The molecule has 4 rings (SSSR count). The van der Waals surface area contributed by atoms with Crippen molar-refractivity contribution in [1.82, 2.24) is 9.80 Å². The number of hydrogen-bond donors (Lipinski definition) is 2. The number of nitrogens with zero attached hydrogens (tertiary/aromatic N) is 2. The first-order valence-corrected chi connectivity index (χ1v) is 13.6. The summed E-state index contributed by atoms with van der Waals surface area (Å²) >= 11 is 0. The van der Waals surface area contributed by atoms with E-state index in [1.807, 2.05) is 21.9 Å². The smallest absolute Gasteiger partial charge is 0.308 e. The Morgan fingerprint density at radius 1 is 1.16 bits per heavy atom. The molecule has 1 aromatic carbocycles. The molecular formula is C27H41N3O8. The predicted molar refractivity (Wildman–Crippen MR) is 138 cm³/mol. The first-order valence-electron chi connectivity index (χ1n) is 13.6. The fourth-order valence-electron chi connectivity index (χ4n) is 5.70. The molecule has 0 spiro atoms. The lowest BCUT2D eigenvalue weighted by Crippen LogP contribution is -2.45. The number of likely N-dealkylation sites (tertiary alicyclic amines) is 1. The number of carboxylic acid groups (broad SMARTS) is 1. The number of hydrogen-bond acceptors (Lipinski definition) is 9. The van der Waals surface area contributed by atoms with Crippen LogP contribution in [0.1, 0.15) is 50.5 Å². The third-order valence-corrected chi connectivity index (χ3v) is 7.64. The highest BCUT2D eigenvalue weighted by molar-refractivity contribution is 5.79. The average molecular weight is 536 g/mol. The van der Waals surface area contributed by atoms with Gasteiger partial charge in [-0.3, -0.25) is 14.5 Å². The largest absolute Gasteiger partial charge is 0.493 e. The maximum Gasteiger partial charge on any atom is 0.308 e. The summed E-state index contributed by atoms with van der Waals surface area (Å²) in [5.41, 5.74) is 6.51. The summed E-state index contributed by atoms with van der Waals surface area (Å²) in [5, 5.41) is 10.4. The van der Waals surface area contributed by atoms with Gasteiger partial charge in [-0.1, -0.05) is 13.3 Å². The third-order valence-electron chi connectivity index (χ3n) is 7.64. The summed E-state index contributed by atoms with van der Waals surface area (Å²) < 4.78 is 27.9. The third kappa shape index (κ3) is 6.51. The van der Waals surface area contributed by atoms with Gasteiger partial charge in [0.15, 0.2) is 17.8 Å². The molecule has 3 aliphatic heterocycles. The van der Waals surface area contributed by atoms with E-state index in [9.17, 15) is 14.7 Å². The number of benzene rings is 1.